The molecule has 0 amide bonds. The van der Waals surface area contributed by atoms with Crippen molar-refractivity contribution < 1.29 is 12.8 Å². The summed E-state index contributed by atoms with van der Waals surface area (Å²) in [4.78, 5) is -0.317. The monoisotopic (exact) mass is 283 g/mol. The first-order valence-electron chi connectivity index (χ1n) is 5.81. The van der Waals surface area contributed by atoms with E-state index < -0.39 is 26.9 Å². The summed E-state index contributed by atoms with van der Waals surface area (Å²) < 4.78 is 40.5. The summed E-state index contributed by atoms with van der Waals surface area (Å²) in [6.45, 7) is 2.99. The first-order valence-corrected chi connectivity index (χ1v) is 7.30. The summed E-state index contributed by atoms with van der Waals surface area (Å²) in [5.41, 5.74) is -1.07. The van der Waals surface area contributed by atoms with Gasteiger partial charge in [-0.25, -0.2) is 17.5 Å². The molecule has 102 valence electrons. The van der Waals surface area contributed by atoms with Crippen LogP contribution in [-0.2, 0) is 10.0 Å². The quantitative estimate of drug-likeness (QED) is 0.856. The maximum atomic E-state index is 13.5. The highest BCUT2D eigenvalue weighted by Crippen LogP contribution is 2.22. The highest BCUT2D eigenvalue weighted by molar-refractivity contribution is 7.89. The SMILES string of the molecule is CC1(NS(=O)(=O)c2cccc(F)c2C#N)CCNC1. The van der Waals surface area contributed by atoms with Crippen molar-refractivity contribution in [3.05, 3.63) is 29.6 Å². The van der Waals surface area contributed by atoms with E-state index in [2.05, 4.69) is 10.0 Å². The standard InChI is InChI=1S/C12H14FN3O2S/c1-12(5-6-15-8-12)16-19(17,18)11-4-2-3-10(13)9(11)7-14/h2-4,15-16H,5-6,8H2,1H3. The minimum absolute atomic E-state index is 0.317. The van der Waals surface area contributed by atoms with Gasteiger partial charge in [0.1, 0.15) is 22.3 Å². The van der Waals surface area contributed by atoms with Gasteiger partial charge in [-0.2, -0.15) is 5.26 Å². The second kappa shape index (κ2) is 4.89. The van der Waals surface area contributed by atoms with E-state index in [4.69, 9.17) is 5.26 Å². The van der Waals surface area contributed by atoms with Crippen LogP contribution >= 0.6 is 0 Å². The largest absolute Gasteiger partial charge is 0.315 e. The Labute approximate surface area is 111 Å². The molecule has 2 rings (SSSR count). The van der Waals surface area contributed by atoms with Gasteiger partial charge in [0, 0.05) is 12.1 Å². The smallest absolute Gasteiger partial charge is 0.242 e. The van der Waals surface area contributed by atoms with Gasteiger partial charge in [0.25, 0.3) is 0 Å². The van der Waals surface area contributed by atoms with Crippen molar-refractivity contribution in [2.24, 2.45) is 0 Å². The first kappa shape index (κ1) is 13.9. The summed E-state index contributed by atoms with van der Waals surface area (Å²) in [7, 11) is -3.92. The number of hydrogen-bond donors (Lipinski definition) is 2. The Morgan fingerprint density at radius 3 is 2.84 bits per heavy atom. The van der Waals surface area contributed by atoms with Crippen LogP contribution in [0.3, 0.4) is 0 Å². The molecule has 1 atom stereocenters. The minimum atomic E-state index is -3.92. The summed E-state index contributed by atoms with van der Waals surface area (Å²) in [5, 5.41) is 12.0. The summed E-state index contributed by atoms with van der Waals surface area (Å²) in [6, 6.07) is 5.17. The number of nitriles is 1. The first-order chi connectivity index (χ1) is 8.88. The average molecular weight is 283 g/mol. The van der Waals surface area contributed by atoms with Crippen molar-refractivity contribution in [3.8, 4) is 6.07 Å². The van der Waals surface area contributed by atoms with Gasteiger partial charge in [-0.15, -0.1) is 0 Å². The maximum Gasteiger partial charge on any atom is 0.242 e. The molecule has 1 unspecified atom stereocenters. The molecule has 1 aromatic carbocycles. The van der Waals surface area contributed by atoms with E-state index in [0.717, 1.165) is 6.07 Å². The van der Waals surface area contributed by atoms with Crippen LogP contribution in [0, 0.1) is 17.1 Å². The molecule has 0 aliphatic carbocycles. The van der Waals surface area contributed by atoms with Gasteiger partial charge in [0.15, 0.2) is 0 Å². The van der Waals surface area contributed by atoms with Crippen LogP contribution in [0.1, 0.15) is 18.9 Å². The lowest BCUT2D eigenvalue weighted by atomic mass is 10.0. The molecule has 0 bridgehead atoms. The van der Waals surface area contributed by atoms with E-state index in [1.165, 1.54) is 12.1 Å². The molecule has 1 heterocycles. The van der Waals surface area contributed by atoms with Crippen LogP contribution in [0.2, 0.25) is 0 Å². The molecule has 2 N–H and O–H groups in total. The van der Waals surface area contributed by atoms with Crippen molar-refractivity contribution in [1.29, 1.82) is 5.26 Å². The predicted molar refractivity (Wildman–Crippen MR) is 67.3 cm³/mol. The fourth-order valence-electron chi connectivity index (χ4n) is 2.12. The number of halogens is 1. The summed E-state index contributed by atoms with van der Waals surface area (Å²) in [5.74, 6) is -0.833. The fraction of sp³-hybridized carbons (Fsp3) is 0.417. The fourth-order valence-corrected chi connectivity index (χ4v) is 3.72. The Balaban J connectivity index is 2.41. The molecular formula is C12H14FN3O2S. The van der Waals surface area contributed by atoms with Crippen LogP contribution in [0.5, 0.6) is 0 Å². The lowest BCUT2D eigenvalue weighted by Gasteiger charge is -2.24. The van der Waals surface area contributed by atoms with E-state index in [-0.39, 0.29) is 4.90 Å². The highest BCUT2D eigenvalue weighted by atomic mass is 32.2. The molecule has 0 radical (unpaired) electrons. The van der Waals surface area contributed by atoms with Crippen LogP contribution in [0.15, 0.2) is 23.1 Å². The molecule has 5 nitrogen and oxygen atoms in total. The van der Waals surface area contributed by atoms with Crippen molar-refractivity contribution in [1.82, 2.24) is 10.0 Å². The van der Waals surface area contributed by atoms with Crippen LogP contribution < -0.4 is 10.0 Å². The third-order valence-electron chi connectivity index (χ3n) is 3.13. The Morgan fingerprint density at radius 2 is 2.26 bits per heavy atom. The summed E-state index contributed by atoms with van der Waals surface area (Å²) >= 11 is 0. The second-order valence-electron chi connectivity index (χ2n) is 4.82. The molecule has 0 saturated carbocycles. The third kappa shape index (κ3) is 2.76. The molecule has 0 spiro atoms. The van der Waals surface area contributed by atoms with E-state index in [1.807, 2.05) is 0 Å². The van der Waals surface area contributed by atoms with Gasteiger partial charge in [-0.3, -0.25) is 0 Å². The number of benzene rings is 1. The molecule has 1 aliphatic rings. The van der Waals surface area contributed by atoms with E-state index in [9.17, 15) is 12.8 Å². The minimum Gasteiger partial charge on any atom is -0.315 e. The Morgan fingerprint density at radius 1 is 1.53 bits per heavy atom. The van der Waals surface area contributed by atoms with Gasteiger partial charge >= 0.3 is 0 Å². The Kier molecular flexibility index (Phi) is 3.58. The van der Waals surface area contributed by atoms with E-state index in [1.54, 1.807) is 13.0 Å². The molecule has 1 saturated heterocycles. The Bertz CT molecular complexity index is 631. The molecule has 1 aromatic rings. The van der Waals surface area contributed by atoms with Gasteiger partial charge in [-0.05, 0) is 32.0 Å². The molecule has 1 fully saturated rings. The Hall–Kier alpha value is -1.49. The molecule has 19 heavy (non-hydrogen) atoms. The molecular weight excluding hydrogens is 269 g/mol. The van der Waals surface area contributed by atoms with Crippen molar-refractivity contribution in [3.63, 3.8) is 0 Å². The molecule has 0 aromatic heterocycles. The predicted octanol–water partition coefficient (Wildman–Crippen LogP) is 0.728. The lowest BCUT2D eigenvalue weighted by molar-refractivity contribution is 0.451. The lowest BCUT2D eigenvalue weighted by Crippen LogP contribution is -2.47. The van der Waals surface area contributed by atoms with E-state index >= 15 is 0 Å². The van der Waals surface area contributed by atoms with Crippen molar-refractivity contribution >= 4 is 10.0 Å². The maximum absolute atomic E-state index is 13.5. The molecule has 7 heteroatoms. The summed E-state index contributed by atoms with van der Waals surface area (Å²) in [6.07, 6.45) is 0.642. The van der Waals surface area contributed by atoms with Gasteiger partial charge in [0.05, 0.1) is 0 Å². The third-order valence-corrected chi connectivity index (χ3v) is 4.81. The van der Waals surface area contributed by atoms with Gasteiger partial charge < -0.3 is 5.32 Å². The van der Waals surface area contributed by atoms with Crippen molar-refractivity contribution in [2.75, 3.05) is 13.1 Å². The zero-order valence-electron chi connectivity index (χ0n) is 10.4. The van der Waals surface area contributed by atoms with Crippen LogP contribution in [0.4, 0.5) is 4.39 Å². The zero-order valence-corrected chi connectivity index (χ0v) is 11.2. The number of rotatable bonds is 3. The van der Waals surface area contributed by atoms with Crippen molar-refractivity contribution in [2.45, 2.75) is 23.8 Å². The number of hydrogen-bond acceptors (Lipinski definition) is 4. The number of nitrogens with zero attached hydrogens (tertiary/aromatic N) is 1. The van der Waals surface area contributed by atoms with Gasteiger partial charge in [-0.1, -0.05) is 6.07 Å². The highest BCUT2D eigenvalue weighted by Gasteiger charge is 2.34. The average Bonchev–Trinajstić information content (AvgIpc) is 2.74. The van der Waals surface area contributed by atoms with E-state index in [0.29, 0.717) is 19.5 Å². The number of nitrogens with one attached hydrogen (secondary N) is 2. The topological polar surface area (TPSA) is 82.0 Å². The van der Waals surface area contributed by atoms with Gasteiger partial charge in [0.2, 0.25) is 10.0 Å². The number of sulfonamides is 1. The van der Waals surface area contributed by atoms with Crippen LogP contribution in [0.25, 0.3) is 0 Å². The zero-order chi connectivity index (χ0) is 14.1. The second-order valence-corrected chi connectivity index (χ2v) is 6.47. The molecule has 1 aliphatic heterocycles. The van der Waals surface area contributed by atoms with Crippen LogP contribution in [-0.4, -0.2) is 27.0 Å². The normalized spacial score (nSPS) is 23.2.